The van der Waals surface area contributed by atoms with Gasteiger partial charge in [0.05, 0.1) is 6.04 Å². The molecule has 2 atom stereocenters. The molecule has 4 rings (SSSR count). The lowest BCUT2D eigenvalue weighted by Gasteiger charge is -2.42. The van der Waals surface area contributed by atoms with E-state index in [0.29, 0.717) is 18.8 Å². The Morgan fingerprint density at radius 3 is 2.46 bits per heavy atom. The van der Waals surface area contributed by atoms with Gasteiger partial charge in [-0.2, -0.15) is 0 Å². The third-order valence-electron chi connectivity index (χ3n) is 6.35. The van der Waals surface area contributed by atoms with Crippen LogP contribution in [0.2, 0.25) is 0 Å². The number of carbonyl (C=O) groups excluding carboxylic acids is 2. The maximum absolute atomic E-state index is 12.2. The molecule has 2 unspecified atom stereocenters. The molecular weight excluding hydrogens is 354 g/mol. The fourth-order valence-electron chi connectivity index (χ4n) is 4.80. The van der Waals surface area contributed by atoms with Crippen molar-refractivity contribution >= 4 is 23.2 Å². The minimum absolute atomic E-state index is 0.103. The molecule has 3 heterocycles. The summed E-state index contributed by atoms with van der Waals surface area (Å²) in [6.07, 6.45) is 3.48. The highest BCUT2D eigenvalue weighted by Gasteiger charge is 2.34. The molecule has 0 aromatic heterocycles. The molecule has 3 N–H and O–H groups in total. The first-order valence-electron chi connectivity index (χ1n) is 10.5. The Morgan fingerprint density at radius 1 is 1.00 bits per heavy atom. The summed E-state index contributed by atoms with van der Waals surface area (Å²) in [7, 11) is 0. The number of nitrogens with zero attached hydrogens (tertiary/aromatic N) is 3. The monoisotopic (exact) mass is 385 g/mol. The molecule has 152 valence electrons. The molecule has 3 aliphatic rings. The number of anilines is 2. The van der Waals surface area contributed by atoms with Crippen LogP contribution in [0.15, 0.2) is 24.3 Å². The van der Waals surface area contributed by atoms with Gasteiger partial charge in [-0.05, 0) is 56.0 Å². The number of amides is 2. The van der Waals surface area contributed by atoms with Gasteiger partial charge in [0.1, 0.15) is 0 Å². The van der Waals surface area contributed by atoms with Crippen LogP contribution in [-0.2, 0) is 9.59 Å². The summed E-state index contributed by atoms with van der Waals surface area (Å²) in [5.41, 5.74) is 7.84. The lowest BCUT2D eigenvalue weighted by molar-refractivity contribution is -0.138. The number of carbonyl (C=O) groups is 2. The van der Waals surface area contributed by atoms with Crippen LogP contribution in [-0.4, -0.2) is 73.5 Å². The zero-order valence-corrected chi connectivity index (χ0v) is 16.5. The minimum Gasteiger partial charge on any atom is -0.399 e. The number of piperidine rings is 2. The molecule has 1 aromatic carbocycles. The largest absolute Gasteiger partial charge is 0.399 e. The number of imide groups is 1. The van der Waals surface area contributed by atoms with E-state index in [4.69, 9.17) is 5.73 Å². The van der Waals surface area contributed by atoms with Crippen LogP contribution in [0.1, 0.15) is 25.7 Å². The van der Waals surface area contributed by atoms with Crippen molar-refractivity contribution in [2.45, 2.75) is 31.7 Å². The van der Waals surface area contributed by atoms with Crippen molar-refractivity contribution in [1.82, 2.24) is 15.1 Å². The molecule has 28 heavy (non-hydrogen) atoms. The summed E-state index contributed by atoms with van der Waals surface area (Å²) in [6, 6.07) is 8.01. The Kier molecular flexibility index (Phi) is 5.82. The smallest absolute Gasteiger partial charge is 0.243 e. The van der Waals surface area contributed by atoms with E-state index in [-0.39, 0.29) is 17.9 Å². The van der Waals surface area contributed by atoms with Crippen molar-refractivity contribution in [3.8, 4) is 0 Å². The number of nitrogens with one attached hydrogen (secondary N) is 1. The molecule has 1 aromatic rings. The Balaban J connectivity index is 1.26. The number of nitrogen functional groups attached to an aromatic ring is 1. The first-order chi connectivity index (χ1) is 13.6. The Bertz CT molecular complexity index is 699. The van der Waals surface area contributed by atoms with Gasteiger partial charge in [-0.1, -0.05) is 0 Å². The van der Waals surface area contributed by atoms with E-state index < -0.39 is 0 Å². The van der Waals surface area contributed by atoms with Gasteiger partial charge >= 0.3 is 0 Å². The second kappa shape index (κ2) is 8.49. The SMILES string of the molecule is Nc1ccc(N2CCN(CC3CCCN(C4CCC(=O)NC4=O)C3)CC2)cc1. The Labute approximate surface area is 166 Å². The predicted molar refractivity (Wildman–Crippen MR) is 110 cm³/mol. The third kappa shape index (κ3) is 4.47. The van der Waals surface area contributed by atoms with E-state index in [1.807, 2.05) is 12.1 Å². The second-order valence-electron chi connectivity index (χ2n) is 8.35. The summed E-state index contributed by atoms with van der Waals surface area (Å²) < 4.78 is 0. The number of likely N-dealkylation sites (tertiary alicyclic amines) is 1. The molecule has 0 aliphatic carbocycles. The van der Waals surface area contributed by atoms with E-state index in [0.717, 1.165) is 57.9 Å². The molecule has 0 bridgehead atoms. The maximum atomic E-state index is 12.2. The predicted octanol–water partition coefficient (Wildman–Crippen LogP) is 0.908. The second-order valence-corrected chi connectivity index (χ2v) is 8.35. The van der Waals surface area contributed by atoms with Crippen molar-refractivity contribution < 1.29 is 9.59 Å². The van der Waals surface area contributed by atoms with Crippen molar-refractivity contribution in [2.24, 2.45) is 5.92 Å². The van der Waals surface area contributed by atoms with Crippen LogP contribution < -0.4 is 16.0 Å². The molecule has 3 fully saturated rings. The first kappa shape index (κ1) is 19.2. The Morgan fingerprint density at radius 2 is 1.75 bits per heavy atom. The van der Waals surface area contributed by atoms with Gasteiger partial charge in [-0.25, -0.2) is 0 Å². The van der Waals surface area contributed by atoms with Crippen LogP contribution in [0.5, 0.6) is 0 Å². The number of benzene rings is 1. The Hall–Kier alpha value is -2.12. The molecule has 0 saturated carbocycles. The van der Waals surface area contributed by atoms with Crippen LogP contribution in [0, 0.1) is 5.92 Å². The van der Waals surface area contributed by atoms with Gasteiger partial charge < -0.3 is 10.6 Å². The highest BCUT2D eigenvalue weighted by atomic mass is 16.2. The summed E-state index contributed by atoms with van der Waals surface area (Å²) in [5.74, 6) is 0.366. The fraction of sp³-hybridized carbons (Fsp3) is 0.619. The number of rotatable bonds is 4. The molecule has 2 amide bonds. The van der Waals surface area contributed by atoms with Gasteiger partial charge in [0.15, 0.2) is 0 Å². The zero-order chi connectivity index (χ0) is 19.5. The van der Waals surface area contributed by atoms with Gasteiger partial charge in [0.25, 0.3) is 0 Å². The van der Waals surface area contributed by atoms with Crippen molar-refractivity contribution in [1.29, 1.82) is 0 Å². The number of piperazine rings is 1. The van der Waals surface area contributed by atoms with E-state index in [2.05, 4.69) is 32.1 Å². The molecule has 7 heteroatoms. The van der Waals surface area contributed by atoms with E-state index in [9.17, 15) is 9.59 Å². The standard InChI is InChI=1S/C21H31N5O2/c22-17-3-5-18(6-4-17)25-12-10-24(11-13-25)14-16-2-1-9-26(15-16)19-7-8-20(27)23-21(19)28/h3-6,16,19H,1-2,7-15,22H2,(H,23,27,28). The van der Waals surface area contributed by atoms with Crippen LogP contribution in [0.25, 0.3) is 0 Å². The lowest BCUT2D eigenvalue weighted by atomic mass is 9.93. The van der Waals surface area contributed by atoms with Crippen molar-refractivity contribution in [3.63, 3.8) is 0 Å². The van der Waals surface area contributed by atoms with Gasteiger partial charge in [-0.3, -0.25) is 24.7 Å². The lowest BCUT2D eigenvalue weighted by Crippen LogP contribution is -2.56. The third-order valence-corrected chi connectivity index (χ3v) is 6.35. The van der Waals surface area contributed by atoms with E-state index in [1.54, 1.807) is 0 Å². The minimum atomic E-state index is -0.131. The van der Waals surface area contributed by atoms with Crippen LogP contribution in [0.3, 0.4) is 0 Å². The highest BCUT2D eigenvalue weighted by Crippen LogP contribution is 2.24. The molecule has 3 saturated heterocycles. The maximum Gasteiger partial charge on any atom is 0.243 e. The first-order valence-corrected chi connectivity index (χ1v) is 10.5. The molecule has 0 radical (unpaired) electrons. The zero-order valence-electron chi connectivity index (χ0n) is 16.5. The van der Waals surface area contributed by atoms with E-state index in [1.165, 1.54) is 12.1 Å². The van der Waals surface area contributed by atoms with Crippen LogP contribution in [0.4, 0.5) is 11.4 Å². The molecular formula is C21H31N5O2. The van der Waals surface area contributed by atoms with Crippen LogP contribution >= 0.6 is 0 Å². The summed E-state index contributed by atoms with van der Waals surface area (Å²) in [5, 5.41) is 2.50. The highest BCUT2D eigenvalue weighted by molar-refractivity contribution is 6.00. The molecule has 0 spiro atoms. The number of hydrogen-bond donors (Lipinski definition) is 2. The summed E-state index contributed by atoms with van der Waals surface area (Å²) in [6.45, 7) is 7.23. The van der Waals surface area contributed by atoms with Gasteiger partial charge in [0.2, 0.25) is 11.8 Å². The van der Waals surface area contributed by atoms with Crippen molar-refractivity contribution in [2.75, 3.05) is 56.4 Å². The number of hydrogen-bond acceptors (Lipinski definition) is 6. The number of nitrogens with two attached hydrogens (primary N) is 1. The molecule has 3 aliphatic heterocycles. The topological polar surface area (TPSA) is 81.9 Å². The van der Waals surface area contributed by atoms with Gasteiger partial charge in [0, 0.05) is 57.1 Å². The summed E-state index contributed by atoms with van der Waals surface area (Å²) in [4.78, 5) is 30.9. The average Bonchev–Trinajstić information content (AvgIpc) is 2.69. The fourth-order valence-corrected chi connectivity index (χ4v) is 4.80. The van der Waals surface area contributed by atoms with E-state index >= 15 is 0 Å². The van der Waals surface area contributed by atoms with Gasteiger partial charge in [-0.15, -0.1) is 0 Å². The quantitative estimate of drug-likeness (QED) is 0.592. The normalized spacial score (nSPS) is 27.6. The summed E-state index contributed by atoms with van der Waals surface area (Å²) >= 11 is 0. The average molecular weight is 386 g/mol. The van der Waals surface area contributed by atoms with Crippen molar-refractivity contribution in [3.05, 3.63) is 24.3 Å². The molecule has 7 nitrogen and oxygen atoms in total.